The maximum atomic E-state index is 12.3. The quantitative estimate of drug-likeness (QED) is 0.863. The smallest absolute Gasteiger partial charge is 0.224 e. The van der Waals surface area contributed by atoms with Crippen molar-refractivity contribution in [2.45, 2.75) is 59.9 Å². The number of nitrogens with one attached hydrogen (secondary N) is 2. The molecular weight excluding hydrogens is 260 g/mol. The minimum absolute atomic E-state index is 0.103. The number of amides is 1. The third-order valence-corrected chi connectivity index (χ3v) is 4.63. The van der Waals surface area contributed by atoms with E-state index in [9.17, 15) is 4.79 Å². The van der Waals surface area contributed by atoms with Crippen molar-refractivity contribution >= 4 is 17.3 Å². The normalized spacial score (nSPS) is 19.4. The molecular formula is C18H28N2O. The van der Waals surface area contributed by atoms with E-state index in [1.807, 2.05) is 12.1 Å². The van der Waals surface area contributed by atoms with Crippen LogP contribution in [0.15, 0.2) is 18.2 Å². The molecule has 3 nitrogen and oxygen atoms in total. The number of hydrogen-bond acceptors (Lipinski definition) is 2. The molecule has 2 unspecified atom stereocenters. The highest BCUT2D eigenvalue weighted by Gasteiger charge is 2.23. The summed E-state index contributed by atoms with van der Waals surface area (Å²) in [4.78, 5) is 12.3. The van der Waals surface area contributed by atoms with Crippen molar-refractivity contribution in [1.82, 2.24) is 0 Å². The van der Waals surface area contributed by atoms with Crippen molar-refractivity contribution in [2.24, 2.45) is 11.3 Å². The van der Waals surface area contributed by atoms with Crippen LogP contribution < -0.4 is 10.6 Å². The molecule has 2 rings (SSSR count). The number of carbonyl (C=O) groups is 1. The van der Waals surface area contributed by atoms with Gasteiger partial charge >= 0.3 is 0 Å². The Morgan fingerprint density at radius 1 is 1.43 bits per heavy atom. The first-order chi connectivity index (χ1) is 9.77. The molecule has 0 bridgehead atoms. The van der Waals surface area contributed by atoms with Crippen LogP contribution in [0.1, 0.15) is 53.0 Å². The van der Waals surface area contributed by atoms with E-state index in [0.717, 1.165) is 24.2 Å². The summed E-state index contributed by atoms with van der Waals surface area (Å²) in [7, 11) is 0. The lowest BCUT2D eigenvalue weighted by Gasteiger charge is -2.28. The van der Waals surface area contributed by atoms with E-state index in [0.29, 0.717) is 18.4 Å². The summed E-state index contributed by atoms with van der Waals surface area (Å²) in [6, 6.07) is 6.62. The van der Waals surface area contributed by atoms with Crippen molar-refractivity contribution in [2.75, 3.05) is 10.6 Å². The van der Waals surface area contributed by atoms with E-state index in [4.69, 9.17) is 0 Å². The molecule has 21 heavy (non-hydrogen) atoms. The SMILES string of the molecule is CC1CCc2cccc(NC(=O)CC(C)C(C)(C)C)c2N1. The lowest BCUT2D eigenvalue weighted by atomic mass is 9.80. The maximum Gasteiger partial charge on any atom is 0.224 e. The molecule has 0 saturated carbocycles. The first kappa shape index (κ1) is 15.9. The van der Waals surface area contributed by atoms with Crippen LogP contribution in [0.2, 0.25) is 0 Å². The summed E-state index contributed by atoms with van der Waals surface area (Å²) in [6.45, 7) is 10.9. The first-order valence-electron chi connectivity index (χ1n) is 7.95. The lowest BCUT2D eigenvalue weighted by molar-refractivity contribution is -0.117. The van der Waals surface area contributed by atoms with Crippen molar-refractivity contribution in [3.8, 4) is 0 Å². The largest absolute Gasteiger partial charge is 0.381 e. The van der Waals surface area contributed by atoms with Crippen LogP contribution in [0.25, 0.3) is 0 Å². The number of aryl methyl sites for hydroxylation is 1. The Morgan fingerprint density at radius 2 is 2.14 bits per heavy atom. The fourth-order valence-electron chi connectivity index (χ4n) is 2.56. The van der Waals surface area contributed by atoms with Gasteiger partial charge in [-0.1, -0.05) is 39.8 Å². The second-order valence-electron chi connectivity index (χ2n) is 7.44. The highest BCUT2D eigenvalue weighted by molar-refractivity contribution is 5.95. The van der Waals surface area contributed by atoms with Gasteiger partial charge in [-0.2, -0.15) is 0 Å². The predicted molar refractivity (Wildman–Crippen MR) is 89.7 cm³/mol. The Labute approximate surface area is 128 Å². The predicted octanol–water partition coefficient (Wildman–Crippen LogP) is 4.44. The highest BCUT2D eigenvalue weighted by Crippen LogP contribution is 2.33. The number of carbonyl (C=O) groups excluding carboxylic acids is 1. The molecule has 1 amide bonds. The molecule has 0 aliphatic carbocycles. The van der Waals surface area contributed by atoms with Crippen LogP contribution in [0, 0.1) is 11.3 Å². The van der Waals surface area contributed by atoms with Gasteiger partial charge in [0.1, 0.15) is 0 Å². The average molecular weight is 288 g/mol. The van der Waals surface area contributed by atoms with Crippen LogP contribution in [0.4, 0.5) is 11.4 Å². The monoisotopic (exact) mass is 288 g/mol. The average Bonchev–Trinajstić information content (AvgIpc) is 2.38. The topological polar surface area (TPSA) is 41.1 Å². The third-order valence-electron chi connectivity index (χ3n) is 4.63. The van der Waals surface area contributed by atoms with Gasteiger partial charge in [-0.25, -0.2) is 0 Å². The Bertz CT molecular complexity index is 516. The van der Waals surface area contributed by atoms with Crippen LogP contribution in [-0.4, -0.2) is 11.9 Å². The molecule has 2 atom stereocenters. The second-order valence-corrected chi connectivity index (χ2v) is 7.44. The fourth-order valence-corrected chi connectivity index (χ4v) is 2.56. The Kier molecular flexibility index (Phi) is 4.60. The molecule has 1 aromatic rings. The van der Waals surface area contributed by atoms with E-state index in [-0.39, 0.29) is 11.3 Å². The molecule has 1 aliphatic heterocycles. The minimum atomic E-state index is 0.103. The van der Waals surface area contributed by atoms with Crippen molar-refractivity contribution in [3.05, 3.63) is 23.8 Å². The zero-order valence-electron chi connectivity index (χ0n) is 13.9. The van der Waals surface area contributed by atoms with Gasteiger partial charge in [0.15, 0.2) is 0 Å². The van der Waals surface area contributed by atoms with E-state index in [1.165, 1.54) is 5.56 Å². The summed E-state index contributed by atoms with van der Waals surface area (Å²) in [6.07, 6.45) is 2.78. The van der Waals surface area contributed by atoms with Gasteiger partial charge < -0.3 is 10.6 Å². The van der Waals surface area contributed by atoms with E-state index < -0.39 is 0 Å². The second kappa shape index (κ2) is 6.08. The number of hydrogen-bond donors (Lipinski definition) is 2. The van der Waals surface area contributed by atoms with Crippen LogP contribution in [0.3, 0.4) is 0 Å². The standard InChI is InChI=1S/C18H28N2O/c1-12(18(3,4)5)11-16(21)20-15-8-6-7-14-10-9-13(2)19-17(14)15/h6-8,12-13,19H,9-11H2,1-5H3,(H,20,21). The van der Waals surface area contributed by atoms with Gasteiger partial charge in [0.05, 0.1) is 11.4 Å². The van der Waals surface area contributed by atoms with Gasteiger partial charge in [0.25, 0.3) is 0 Å². The van der Waals surface area contributed by atoms with Crippen LogP contribution in [0.5, 0.6) is 0 Å². The van der Waals surface area contributed by atoms with Crippen molar-refractivity contribution in [3.63, 3.8) is 0 Å². The highest BCUT2D eigenvalue weighted by atomic mass is 16.1. The maximum absolute atomic E-state index is 12.3. The molecule has 1 aromatic carbocycles. The summed E-state index contributed by atoms with van der Waals surface area (Å²) >= 11 is 0. The Balaban J connectivity index is 2.08. The number of fused-ring (bicyclic) bond motifs is 1. The zero-order chi connectivity index (χ0) is 15.6. The molecule has 1 aliphatic rings. The molecule has 0 fully saturated rings. The molecule has 2 N–H and O–H groups in total. The van der Waals surface area contributed by atoms with Gasteiger partial charge in [-0.05, 0) is 42.7 Å². The first-order valence-corrected chi connectivity index (χ1v) is 7.95. The Hall–Kier alpha value is -1.51. The zero-order valence-corrected chi connectivity index (χ0v) is 13.9. The number of rotatable bonds is 3. The Morgan fingerprint density at radius 3 is 2.81 bits per heavy atom. The van der Waals surface area contributed by atoms with Gasteiger partial charge in [0.2, 0.25) is 5.91 Å². The molecule has 0 spiro atoms. The molecule has 0 aromatic heterocycles. The van der Waals surface area contributed by atoms with Crippen LogP contribution >= 0.6 is 0 Å². The third kappa shape index (κ3) is 3.99. The number of para-hydroxylation sites is 1. The van der Waals surface area contributed by atoms with E-state index in [2.05, 4.69) is 51.3 Å². The molecule has 116 valence electrons. The van der Waals surface area contributed by atoms with Gasteiger partial charge in [0, 0.05) is 12.5 Å². The molecule has 1 heterocycles. The van der Waals surface area contributed by atoms with E-state index >= 15 is 0 Å². The number of anilines is 2. The van der Waals surface area contributed by atoms with Gasteiger partial charge in [-0.15, -0.1) is 0 Å². The molecule has 3 heteroatoms. The molecule has 0 saturated heterocycles. The van der Waals surface area contributed by atoms with Crippen molar-refractivity contribution < 1.29 is 4.79 Å². The summed E-state index contributed by atoms with van der Waals surface area (Å²) < 4.78 is 0. The number of benzene rings is 1. The minimum Gasteiger partial charge on any atom is -0.381 e. The summed E-state index contributed by atoms with van der Waals surface area (Å²) in [5.74, 6) is 0.453. The van der Waals surface area contributed by atoms with E-state index in [1.54, 1.807) is 0 Å². The lowest BCUT2D eigenvalue weighted by Crippen LogP contribution is -2.26. The van der Waals surface area contributed by atoms with Crippen LogP contribution in [-0.2, 0) is 11.2 Å². The summed E-state index contributed by atoms with van der Waals surface area (Å²) in [5.41, 5.74) is 3.48. The van der Waals surface area contributed by atoms with Crippen molar-refractivity contribution in [1.29, 1.82) is 0 Å². The molecule has 0 radical (unpaired) electrons. The summed E-state index contributed by atoms with van der Waals surface area (Å²) in [5, 5.41) is 6.59. The van der Waals surface area contributed by atoms with Gasteiger partial charge in [-0.3, -0.25) is 4.79 Å². The fraction of sp³-hybridized carbons (Fsp3) is 0.611.